The normalized spacial score (nSPS) is 11.3. The maximum Gasteiger partial charge on any atom is 0.164 e. The van der Waals surface area contributed by atoms with Crippen LogP contribution in [-0.4, -0.2) is 15.0 Å². The van der Waals surface area contributed by atoms with Crippen LogP contribution in [0.4, 0.5) is 0 Å². The molecule has 0 aliphatic heterocycles. The van der Waals surface area contributed by atoms with Gasteiger partial charge in [-0.15, -0.1) is 11.3 Å². The summed E-state index contributed by atoms with van der Waals surface area (Å²) in [7, 11) is 0. The molecule has 6 aromatic rings. The number of nitrogens with zero attached hydrogens (tertiary/aromatic N) is 3. The first-order chi connectivity index (χ1) is 16.2. The summed E-state index contributed by atoms with van der Waals surface area (Å²) in [5, 5.41) is 2.41. The van der Waals surface area contributed by atoms with Gasteiger partial charge in [0, 0.05) is 45.8 Å². The summed E-state index contributed by atoms with van der Waals surface area (Å²) >= 11 is 8.98. The molecule has 33 heavy (non-hydrogen) atoms. The molecule has 0 unspecified atom stereocenters. The number of aromatic nitrogens is 3. The van der Waals surface area contributed by atoms with Crippen molar-refractivity contribution in [2.24, 2.45) is 0 Å². The van der Waals surface area contributed by atoms with Crippen LogP contribution in [0.2, 0.25) is 0 Å². The number of fused-ring (bicyclic) bond motifs is 3. The fourth-order valence-electron chi connectivity index (χ4n) is 3.99. The molecule has 0 spiro atoms. The second kappa shape index (κ2) is 8.45. The van der Waals surface area contributed by atoms with Gasteiger partial charge in [-0.25, -0.2) is 15.0 Å². The summed E-state index contributed by atoms with van der Waals surface area (Å²) in [5.41, 5.74) is 2.89. The van der Waals surface area contributed by atoms with E-state index in [-0.39, 0.29) is 0 Å². The van der Waals surface area contributed by atoms with Gasteiger partial charge in [-0.05, 0) is 30.3 Å². The van der Waals surface area contributed by atoms with Crippen molar-refractivity contribution in [1.82, 2.24) is 15.0 Å². The third-order valence-electron chi connectivity index (χ3n) is 5.43. The topological polar surface area (TPSA) is 38.7 Å². The lowest BCUT2D eigenvalue weighted by atomic mass is 10.1. The predicted molar refractivity (Wildman–Crippen MR) is 144 cm³/mol. The zero-order valence-corrected chi connectivity index (χ0v) is 21.2. The lowest BCUT2D eigenvalue weighted by Crippen LogP contribution is -2.00. The average Bonchev–Trinajstić information content (AvgIpc) is 3.22. The van der Waals surface area contributed by atoms with Crippen LogP contribution >= 0.6 is 43.2 Å². The molecule has 2 heterocycles. The largest absolute Gasteiger partial charge is 0.208 e. The Hall–Kier alpha value is -2.93. The Morgan fingerprint density at radius 1 is 0.545 bits per heavy atom. The van der Waals surface area contributed by atoms with Gasteiger partial charge in [-0.1, -0.05) is 92.5 Å². The molecule has 2 aromatic heterocycles. The van der Waals surface area contributed by atoms with Crippen LogP contribution < -0.4 is 0 Å². The molecule has 3 nitrogen and oxygen atoms in total. The minimum Gasteiger partial charge on any atom is -0.208 e. The standard InChI is InChI=1S/C27H15Br2N3S/c28-18-13-17(14-19(29)15-18)26-30-25(16-7-2-1-3-8-16)31-27(32-26)21-10-6-12-23-24(21)20-9-4-5-11-22(20)33-23/h1-15H. The molecule has 0 saturated carbocycles. The van der Waals surface area contributed by atoms with Crippen molar-refractivity contribution in [2.75, 3.05) is 0 Å². The number of thiophene rings is 1. The Balaban J connectivity index is 1.66. The van der Waals surface area contributed by atoms with Gasteiger partial charge in [0.25, 0.3) is 0 Å². The molecular weight excluding hydrogens is 558 g/mol. The van der Waals surface area contributed by atoms with E-state index < -0.39 is 0 Å². The number of rotatable bonds is 3. The zero-order valence-electron chi connectivity index (χ0n) is 17.2. The van der Waals surface area contributed by atoms with Gasteiger partial charge in [-0.2, -0.15) is 0 Å². The predicted octanol–water partition coefficient (Wildman–Crippen LogP) is 8.77. The van der Waals surface area contributed by atoms with Crippen LogP contribution in [0.3, 0.4) is 0 Å². The minimum absolute atomic E-state index is 0.636. The Bertz CT molecular complexity index is 1620. The molecule has 0 saturated heterocycles. The van der Waals surface area contributed by atoms with E-state index >= 15 is 0 Å². The summed E-state index contributed by atoms with van der Waals surface area (Å²) in [6.07, 6.45) is 0. The van der Waals surface area contributed by atoms with E-state index in [1.54, 1.807) is 11.3 Å². The fourth-order valence-corrected chi connectivity index (χ4v) is 6.41. The highest BCUT2D eigenvalue weighted by molar-refractivity contribution is 9.11. The first kappa shape index (κ1) is 20.7. The van der Waals surface area contributed by atoms with Crippen LogP contribution in [-0.2, 0) is 0 Å². The number of benzene rings is 4. The third-order valence-corrected chi connectivity index (χ3v) is 7.48. The van der Waals surface area contributed by atoms with E-state index in [1.165, 1.54) is 20.2 Å². The van der Waals surface area contributed by atoms with Gasteiger partial charge in [0.05, 0.1) is 0 Å². The molecule has 0 bridgehead atoms. The molecule has 0 fully saturated rings. The summed E-state index contributed by atoms with van der Waals surface area (Å²) in [4.78, 5) is 14.7. The van der Waals surface area contributed by atoms with Crippen LogP contribution in [0.15, 0.2) is 99.9 Å². The van der Waals surface area contributed by atoms with E-state index in [9.17, 15) is 0 Å². The van der Waals surface area contributed by atoms with Crippen molar-refractivity contribution in [3.05, 3.63) is 99.9 Å². The smallest absolute Gasteiger partial charge is 0.164 e. The highest BCUT2D eigenvalue weighted by atomic mass is 79.9. The first-order valence-electron chi connectivity index (χ1n) is 10.3. The van der Waals surface area contributed by atoms with E-state index in [1.807, 2.05) is 48.5 Å². The lowest BCUT2D eigenvalue weighted by molar-refractivity contribution is 1.08. The Morgan fingerprint density at radius 2 is 1.18 bits per heavy atom. The van der Waals surface area contributed by atoms with Crippen LogP contribution in [0.1, 0.15) is 0 Å². The molecule has 6 heteroatoms. The molecule has 6 rings (SSSR count). The van der Waals surface area contributed by atoms with E-state index in [0.29, 0.717) is 17.5 Å². The number of halogens is 2. The van der Waals surface area contributed by atoms with Gasteiger partial charge < -0.3 is 0 Å². The van der Waals surface area contributed by atoms with Crippen molar-refractivity contribution in [3.8, 4) is 34.2 Å². The van der Waals surface area contributed by atoms with E-state index in [4.69, 9.17) is 15.0 Å². The quantitative estimate of drug-likeness (QED) is 0.213. The van der Waals surface area contributed by atoms with Crippen molar-refractivity contribution < 1.29 is 0 Å². The lowest BCUT2D eigenvalue weighted by Gasteiger charge is -2.10. The van der Waals surface area contributed by atoms with Crippen molar-refractivity contribution in [1.29, 1.82) is 0 Å². The maximum absolute atomic E-state index is 4.96. The molecule has 4 aromatic carbocycles. The molecular formula is C27H15Br2N3S. The second-order valence-electron chi connectivity index (χ2n) is 7.61. The first-order valence-corrected chi connectivity index (χ1v) is 12.7. The Morgan fingerprint density at radius 3 is 1.97 bits per heavy atom. The van der Waals surface area contributed by atoms with Gasteiger partial charge in [0.15, 0.2) is 17.5 Å². The average molecular weight is 573 g/mol. The molecule has 0 atom stereocenters. The maximum atomic E-state index is 4.96. The van der Waals surface area contributed by atoms with Gasteiger partial charge in [-0.3, -0.25) is 0 Å². The van der Waals surface area contributed by atoms with Gasteiger partial charge in [0.2, 0.25) is 0 Å². The number of hydrogen-bond acceptors (Lipinski definition) is 4. The van der Waals surface area contributed by atoms with E-state index in [2.05, 4.69) is 74.3 Å². The summed E-state index contributed by atoms with van der Waals surface area (Å²) < 4.78 is 4.40. The van der Waals surface area contributed by atoms with Crippen LogP contribution in [0, 0.1) is 0 Å². The SMILES string of the molecule is Brc1cc(Br)cc(-c2nc(-c3ccccc3)nc(-c3cccc4sc5ccccc5c34)n2)c1. The van der Waals surface area contributed by atoms with Gasteiger partial charge >= 0.3 is 0 Å². The van der Waals surface area contributed by atoms with Crippen molar-refractivity contribution >= 4 is 63.4 Å². The molecule has 0 amide bonds. The van der Waals surface area contributed by atoms with Crippen LogP contribution in [0.5, 0.6) is 0 Å². The molecule has 0 aliphatic carbocycles. The molecule has 0 aliphatic rings. The molecule has 0 N–H and O–H groups in total. The third kappa shape index (κ3) is 3.88. The highest BCUT2D eigenvalue weighted by Gasteiger charge is 2.17. The fraction of sp³-hybridized carbons (Fsp3) is 0. The monoisotopic (exact) mass is 571 g/mol. The summed E-state index contributed by atoms with van der Waals surface area (Å²) in [6.45, 7) is 0. The minimum atomic E-state index is 0.636. The molecule has 158 valence electrons. The number of hydrogen-bond donors (Lipinski definition) is 0. The Labute approximate surface area is 211 Å². The van der Waals surface area contributed by atoms with Gasteiger partial charge in [0.1, 0.15) is 0 Å². The summed E-state index contributed by atoms with van der Waals surface area (Å²) in [6, 6.07) is 30.9. The Kier molecular flexibility index (Phi) is 5.29. The van der Waals surface area contributed by atoms with Crippen molar-refractivity contribution in [2.45, 2.75) is 0 Å². The zero-order chi connectivity index (χ0) is 22.4. The van der Waals surface area contributed by atoms with E-state index in [0.717, 1.165) is 25.6 Å². The van der Waals surface area contributed by atoms with Crippen molar-refractivity contribution in [3.63, 3.8) is 0 Å². The second-order valence-corrected chi connectivity index (χ2v) is 10.5. The molecule has 0 radical (unpaired) electrons. The highest BCUT2D eigenvalue weighted by Crippen LogP contribution is 2.39. The summed E-state index contributed by atoms with van der Waals surface area (Å²) in [5.74, 6) is 1.96. The van der Waals surface area contributed by atoms with Crippen LogP contribution in [0.25, 0.3) is 54.3 Å².